The van der Waals surface area contributed by atoms with Gasteiger partial charge in [0.05, 0.1) is 5.69 Å². The van der Waals surface area contributed by atoms with Crippen molar-refractivity contribution in [2.75, 3.05) is 5.73 Å². The highest BCUT2D eigenvalue weighted by Crippen LogP contribution is 2.22. The highest BCUT2D eigenvalue weighted by molar-refractivity contribution is 6.30. The van der Waals surface area contributed by atoms with Crippen LogP contribution in [0.3, 0.4) is 0 Å². The van der Waals surface area contributed by atoms with E-state index in [-0.39, 0.29) is 6.54 Å². The van der Waals surface area contributed by atoms with E-state index in [0.717, 1.165) is 5.56 Å². The molecule has 0 radical (unpaired) electrons. The third-order valence-corrected chi connectivity index (χ3v) is 3.21. The van der Waals surface area contributed by atoms with Crippen LogP contribution in [0.5, 0.6) is 0 Å². The second-order valence-electron chi connectivity index (χ2n) is 4.40. The highest BCUT2D eigenvalue weighted by Gasteiger charge is 2.15. The lowest BCUT2D eigenvalue weighted by atomic mass is 10.1. The average Bonchev–Trinajstić information content (AvgIpc) is 2.69. The summed E-state index contributed by atoms with van der Waals surface area (Å²) in [4.78, 5) is 11.1. The number of nitrogen functional groups attached to an aromatic ring is 1. The Kier molecular flexibility index (Phi) is 3.97. The molecule has 0 fully saturated rings. The van der Waals surface area contributed by atoms with Crippen molar-refractivity contribution >= 4 is 23.2 Å². The van der Waals surface area contributed by atoms with Crippen molar-refractivity contribution < 1.29 is 4.79 Å². The average molecular weight is 289 g/mol. The predicted octanol–water partition coefficient (Wildman–Crippen LogP) is 1.67. The first-order chi connectivity index (χ1) is 9.51. The van der Waals surface area contributed by atoms with Gasteiger partial charge in [-0.3, -0.25) is 4.79 Å². The predicted molar refractivity (Wildman–Crippen MR) is 77.0 cm³/mol. The molecule has 1 amide bonds. The minimum atomic E-state index is -0.519. The summed E-state index contributed by atoms with van der Waals surface area (Å²) in [5, 5.41) is 9.72. The van der Waals surface area contributed by atoms with Crippen LogP contribution in [-0.4, -0.2) is 10.5 Å². The molecule has 0 saturated heterocycles. The van der Waals surface area contributed by atoms with Crippen LogP contribution in [-0.2, 0) is 17.8 Å². The van der Waals surface area contributed by atoms with Gasteiger partial charge in [-0.2, -0.15) is 5.26 Å². The molecule has 0 unspecified atom stereocenters. The summed E-state index contributed by atoms with van der Waals surface area (Å²) in [5.74, 6) is -0.519. The van der Waals surface area contributed by atoms with Gasteiger partial charge in [-0.05, 0) is 23.8 Å². The van der Waals surface area contributed by atoms with E-state index < -0.39 is 5.91 Å². The molecule has 1 aromatic carbocycles. The molecule has 0 spiro atoms. The first-order valence-corrected chi connectivity index (χ1v) is 6.29. The van der Waals surface area contributed by atoms with Crippen LogP contribution in [0.2, 0.25) is 5.02 Å². The Morgan fingerprint density at radius 3 is 2.55 bits per heavy atom. The Morgan fingerprint density at radius 1 is 1.35 bits per heavy atom. The van der Waals surface area contributed by atoms with Crippen LogP contribution in [0.1, 0.15) is 17.0 Å². The number of anilines is 1. The van der Waals surface area contributed by atoms with Crippen molar-refractivity contribution in [1.29, 1.82) is 5.26 Å². The summed E-state index contributed by atoms with van der Waals surface area (Å²) >= 11 is 5.84. The SMILES string of the molecule is N#Cc1cc(N)c(Cc2ccc(Cl)cc2)n1CC(N)=O. The van der Waals surface area contributed by atoms with Crippen molar-refractivity contribution in [3.8, 4) is 6.07 Å². The first-order valence-electron chi connectivity index (χ1n) is 5.92. The molecule has 0 bridgehead atoms. The fourth-order valence-electron chi connectivity index (χ4n) is 2.03. The first kappa shape index (κ1) is 14.0. The van der Waals surface area contributed by atoms with Crippen molar-refractivity contribution in [2.24, 2.45) is 5.73 Å². The van der Waals surface area contributed by atoms with Gasteiger partial charge in [-0.15, -0.1) is 0 Å². The van der Waals surface area contributed by atoms with Crippen molar-refractivity contribution in [2.45, 2.75) is 13.0 Å². The van der Waals surface area contributed by atoms with Gasteiger partial charge in [0.2, 0.25) is 5.91 Å². The molecule has 2 rings (SSSR count). The Labute approximate surface area is 121 Å². The Hall–Kier alpha value is -2.45. The number of rotatable bonds is 4. The molecule has 20 heavy (non-hydrogen) atoms. The zero-order valence-electron chi connectivity index (χ0n) is 10.6. The van der Waals surface area contributed by atoms with E-state index in [4.69, 9.17) is 28.3 Å². The maximum Gasteiger partial charge on any atom is 0.237 e. The lowest BCUT2D eigenvalue weighted by Gasteiger charge is -2.09. The third kappa shape index (κ3) is 2.92. The van der Waals surface area contributed by atoms with Crippen LogP contribution < -0.4 is 11.5 Å². The van der Waals surface area contributed by atoms with Crippen LogP contribution in [0.25, 0.3) is 0 Å². The van der Waals surface area contributed by atoms with Gasteiger partial charge in [0.1, 0.15) is 18.3 Å². The standard InChI is InChI=1S/C14H13ClN4O/c15-10-3-1-9(2-4-10)5-13-12(17)6-11(7-16)19(13)8-14(18)20/h1-4,6H,5,8,17H2,(H2,18,20). The van der Waals surface area contributed by atoms with E-state index in [9.17, 15) is 4.79 Å². The fourth-order valence-corrected chi connectivity index (χ4v) is 2.16. The van der Waals surface area contributed by atoms with Gasteiger partial charge in [0.15, 0.2) is 0 Å². The summed E-state index contributed by atoms with van der Waals surface area (Å²) < 4.78 is 1.55. The Balaban J connectivity index is 2.40. The lowest BCUT2D eigenvalue weighted by Crippen LogP contribution is -2.21. The number of nitrogens with two attached hydrogens (primary N) is 2. The Morgan fingerprint density at radius 2 is 2.00 bits per heavy atom. The maximum absolute atomic E-state index is 11.1. The van der Waals surface area contributed by atoms with Crippen LogP contribution in [0.4, 0.5) is 5.69 Å². The molecule has 4 N–H and O–H groups in total. The van der Waals surface area contributed by atoms with Gasteiger partial charge in [0.25, 0.3) is 0 Å². The number of amides is 1. The molecular weight excluding hydrogens is 276 g/mol. The van der Waals surface area contributed by atoms with Crippen molar-refractivity contribution in [3.63, 3.8) is 0 Å². The summed E-state index contributed by atoms with van der Waals surface area (Å²) in [5.41, 5.74) is 13.6. The van der Waals surface area contributed by atoms with Crippen LogP contribution in [0, 0.1) is 11.3 Å². The molecule has 0 atom stereocenters. The number of nitriles is 1. The lowest BCUT2D eigenvalue weighted by molar-refractivity contribution is -0.118. The minimum absolute atomic E-state index is 0.0665. The molecule has 0 aliphatic heterocycles. The molecular formula is C14H13ClN4O. The molecule has 0 aliphatic rings. The molecule has 0 aliphatic carbocycles. The molecule has 102 valence electrons. The number of primary amides is 1. The number of nitrogens with zero attached hydrogens (tertiary/aromatic N) is 2. The maximum atomic E-state index is 11.1. The summed E-state index contributed by atoms with van der Waals surface area (Å²) in [6.07, 6.45) is 0.498. The quantitative estimate of drug-likeness (QED) is 0.895. The molecule has 0 saturated carbocycles. The summed E-state index contributed by atoms with van der Waals surface area (Å²) in [7, 11) is 0. The molecule has 6 heteroatoms. The van der Waals surface area contributed by atoms with Crippen LogP contribution >= 0.6 is 11.6 Å². The minimum Gasteiger partial charge on any atom is -0.397 e. The number of carbonyl (C=O) groups excluding carboxylic acids is 1. The Bertz CT molecular complexity index is 682. The number of hydrogen-bond acceptors (Lipinski definition) is 3. The molecule has 5 nitrogen and oxygen atoms in total. The second kappa shape index (κ2) is 5.68. The smallest absolute Gasteiger partial charge is 0.237 e. The van der Waals surface area contributed by atoms with Gasteiger partial charge in [-0.1, -0.05) is 23.7 Å². The molecule has 1 heterocycles. The van der Waals surface area contributed by atoms with Gasteiger partial charge in [-0.25, -0.2) is 0 Å². The zero-order chi connectivity index (χ0) is 14.7. The number of hydrogen-bond donors (Lipinski definition) is 2. The number of halogens is 1. The largest absolute Gasteiger partial charge is 0.397 e. The van der Waals surface area contributed by atoms with E-state index in [2.05, 4.69) is 0 Å². The summed E-state index contributed by atoms with van der Waals surface area (Å²) in [6.45, 7) is -0.0665. The normalized spacial score (nSPS) is 10.2. The van der Waals surface area contributed by atoms with E-state index >= 15 is 0 Å². The van der Waals surface area contributed by atoms with Gasteiger partial charge < -0.3 is 16.0 Å². The van der Waals surface area contributed by atoms with Crippen molar-refractivity contribution in [1.82, 2.24) is 4.57 Å². The molecule has 1 aromatic heterocycles. The van der Waals surface area contributed by atoms with E-state index in [0.29, 0.717) is 28.5 Å². The van der Waals surface area contributed by atoms with E-state index in [1.807, 2.05) is 18.2 Å². The monoisotopic (exact) mass is 288 g/mol. The third-order valence-electron chi connectivity index (χ3n) is 2.96. The number of benzene rings is 1. The van der Waals surface area contributed by atoms with Crippen molar-refractivity contribution in [3.05, 3.63) is 52.3 Å². The molecule has 2 aromatic rings. The topological polar surface area (TPSA) is 97.8 Å². The van der Waals surface area contributed by atoms with Gasteiger partial charge in [0, 0.05) is 17.1 Å². The van der Waals surface area contributed by atoms with E-state index in [1.54, 1.807) is 22.8 Å². The number of aromatic nitrogens is 1. The second-order valence-corrected chi connectivity index (χ2v) is 4.84. The van der Waals surface area contributed by atoms with E-state index in [1.165, 1.54) is 0 Å². The zero-order valence-corrected chi connectivity index (χ0v) is 11.4. The highest BCUT2D eigenvalue weighted by atomic mass is 35.5. The fraction of sp³-hybridized carbons (Fsp3) is 0.143. The van der Waals surface area contributed by atoms with Crippen LogP contribution in [0.15, 0.2) is 30.3 Å². The van der Waals surface area contributed by atoms with Gasteiger partial charge >= 0.3 is 0 Å². The number of carbonyl (C=O) groups is 1. The summed E-state index contributed by atoms with van der Waals surface area (Å²) in [6, 6.07) is 10.9.